The van der Waals surface area contributed by atoms with E-state index in [0.29, 0.717) is 0 Å². The fourth-order valence-corrected chi connectivity index (χ4v) is 1.84. The van der Waals surface area contributed by atoms with Crippen molar-refractivity contribution in [3.63, 3.8) is 0 Å². The van der Waals surface area contributed by atoms with Gasteiger partial charge in [0, 0.05) is 12.5 Å². The van der Waals surface area contributed by atoms with E-state index in [1.165, 1.54) is 0 Å². The zero-order valence-corrected chi connectivity index (χ0v) is 11.4. The third kappa shape index (κ3) is 5.96. The van der Waals surface area contributed by atoms with Crippen molar-refractivity contribution in [1.82, 2.24) is 5.32 Å². The quantitative estimate of drug-likeness (QED) is 0.844. The van der Waals surface area contributed by atoms with Crippen LogP contribution in [0.5, 0.6) is 5.75 Å². The molecule has 1 rings (SSSR count). The SMILES string of the molecule is CNC(CCC(F)(F)F)c1ccc(OC(C)C)cc1. The Morgan fingerprint density at radius 2 is 1.74 bits per heavy atom. The molecule has 1 aromatic rings. The first-order chi connectivity index (χ1) is 8.81. The van der Waals surface area contributed by atoms with E-state index in [1.54, 1.807) is 31.3 Å². The van der Waals surface area contributed by atoms with Gasteiger partial charge in [-0.3, -0.25) is 0 Å². The van der Waals surface area contributed by atoms with Gasteiger partial charge in [-0.2, -0.15) is 13.2 Å². The minimum Gasteiger partial charge on any atom is -0.491 e. The molecule has 0 heterocycles. The minimum absolute atomic E-state index is 0.0321. The fraction of sp³-hybridized carbons (Fsp3) is 0.571. The van der Waals surface area contributed by atoms with Gasteiger partial charge in [0.15, 0.2) is 0 Å². The molecule has 1 unspecified atom stereocenters. The Labute approximate surface area is 112 Å². The largest absolute Gasteiger partial charge is 0.491 e. The number of hydrogen-bond donors (Lipinski definition) is 1. The van der Waals surface area contributed by atoms with Crippen molar-refractivity contribution < 1.29 is 17.9 Å². The number of benzene rings is 1. The summed E-state index contributed by atoms with van der Waals surface area (Å²) in [6.45, 7) is 3.85. The molecule has 0 aromatic heterocycles. The van der Waals surface area contributed by atoms with Gasteiger partial charge in [-0.1, -0.05) is 12.1 Å². The van der Waals surface area contributed by atoms with Crippen LogP contribution < -0.4 is 10.1 Å². The molecule has 1 N–H and O–H groups in total. The molecular weight excluding hydrogens is 255 g/mol. The molecule has 0 saturated carbocycles. The van der Waals surface area contributed by atoms with Crippen LogP contribution in [-0.4, -0.2) is 19.3 Å². The smallest absolute Gasteiger partial charge is 0.389 e. The minimum atomic E-state index is -4.12. The van der Waals surface area contributed by atoms with Crippen LogP contribution in [0.1, 0.15) is 38.3 Å². The third-order valence-electron chi connectivity index (χ3n) is 2.72. The van der Waals surface area contributed by atoms with Gasteiger partial charge >= 0.3 is 6.18 Å². The molecule has 0 radical (unpaired) electrons. The Kier molecular flexibility index (Phi) is 5.66. The van der Waals surface area contributed by atoms with Gasteiger partial charge in [-0.05, 0) is 45.0 Å². The van der Waals surface area contributed by atoms with Crippen LogP contribution in [0.3, 0.4) is 0 Å². The summed E-state index contributed by atoms with van der Waals surface area (Å²) in [5.41, 5.74) is 0.836. The Morgan fingerprint density at radius 1 is 1.16 bits per heavy atom. The van der Waals surface area contributed by atoms with E-state index in [1.807, 2.05) is 13.8 Å². The van der Waals surface area contributed by atoms with Crippen molar-refractivity contribution in [2.24, 2.45) is 0 Å². The predicted octanol–water partition coefficient (Wildman–Crippen LogP) is 4.08. The number of nitrogens with one attached hydrogen (secondary N) is 1. The van der Waals surface area contributed by atoms with E-state index in [2.05, 4.69) is 5.32 Å². The van der Waals surface area contributed by atoms with Crippen molar-refractivity contribution >= 4 is 0 Å². The molecule has 1 atom stereocenters. The summed E-state index contributed by atoms with van der Waals surface area (Å²) in [6.07, 6.45) is -4.79. The first kappa shape index (κ1) is 15.8. The van der Waals surface area contributed by atoms with E-state index in [0.717, 1.165) is 11.3 Å². The second kappa shape index (κ2) is 6.80. The maximum absolute atomic E-state index is 12.2. The average molecular weight is 275 g/mol. The van der Waals surface area contributed by atoms with Gasteiger partial charge < -0.3 is 10.1 Å². The maximum Gasteiger partial charge on any atom is 0.389 e. The monoisotopic (exact) mass is 275 g/mol. The Morgan fingerprint density at radius 3 is 2.16 bits per heavy atom. The second-order valence-electron chi connectivity index (χ2n) is 4.73. The Balaban J connectivity index is 2.66. The molecule has 0 aliphatic heterocycles. The molecule has 0 amide bonds. The maximum atomic E-state index is 12.2. The second-order valence-corrected chi connectivity index (χ2v) is 4.73. The van der Waals surface area contributed by atoms with Crippen molar-refractivity contribution in [3.8, 4) is 5.75 Å². The van der Waals surface area contributed by atoms with Gasteiger partial charge in [0.2, 0.25) is 0 Å². The molecule has 0 spiro atoms. The summed E-state index contributed by atoms with van der Waals surface area (Å²) in [7, 11) is 1.67. The standard InChI is InChI=1S/C14H20F3NO/c1-10(2)19-12-6-4-11(5-7-12)13(18-3)8-9-14(15,16)17/h4-7,10,13,18H,8-9H2,1-3H3. The summed E-state index contributed by atoms with van der Waals surface area (Å²) in [4.78, 5) is 0. The molecule has 0 aliphatic rings. The normalized spacial score (nSPS) is 13.6. The molecule has 19 heavy (non-hydrogen) atoms. The van der Waals surface area contributed by atoms with Crippen LogP contribution >= 0.6 is 0 Å². The summed E-state index contributed by atoms with van der Waals surface area (Å²) in [5, 5.41) is 2.91. The highest BCUT2D eigenvalue weighted by atomic mass is 19.4. The van der Waals surface area contributed by atoms with Crippen LogP contribution in [0, 0.1) is 0 Å². The van der Waals surface area contributed by atoms with Gasteiger partial charge in [0.25, 0.3) is 0 Å². The number of alkyl halides is 3. The van der Waals surface area contributed by atoms with Crippen LogP contribution in [-0.2, 0) is 0 Å². The molecule has 0 bridgehead atoms. The average Bonchev–Trinajstić information content (AvgIpc) is 2.29. The Bertz CT molecular complexity index is 373. The first-order valence-electron chi connectivity index (χ1n) is 6.32. The van der Waals surface area contributed by atoms with Crippen molar-refractivity contribution in [1.29, 1.82) is 0 Å². The lowest BCUT2D eigenvalue weighted by Crippen LogP contribution is -2.19. The van der Waals surface area contributed by atoms with Crippen LogP contribution in [0.2, 0.25) is 0 Å². The van der Waals surface area contributed by atoms with Crippen molar-refractivity contribution in [2.75, 3.05) is 7.05 Å². The van der Waals surface area contributed by atoms with Crippen molar-refractivity contribution in [2.45, 2.75) is 45.0 Å². The lowest BCUT2D eigenvalue weighted by molar-refractivity contribution is -0.136. The van der Waals surface area contributed by atoms with Gasteiger partial charge in [0.05, 0.1) is 6.10 Å². The van der Waals surface area contributed by atoms with E-state index in [9.17, 15) is 13.2 Å². The van der Waals surface area contributed by atoms with Gasteiger partial charge in [-0.25, -0.2) is 0 Å². The summed E-state index contributed by atoms with van der Waals surface area (Å²) in [6, 6.07) is 6.88. The summed E-state index contributed by atoms with van der Waals surface area (Å²) >= 11 is 0. The molecule has 0 saturated heterocycles. The van der Waals surface area contributed by atoms with Gasteiger partial charge in [-0.15, -0.1) is 0 Å². The van der Waals surface area contributed by atoms with Gasteiger partial charge in [0.1, 0.15) is 5.75 Å². The number of rotatable bonds is 6. The molecule has 5 heteroatoms. The summed E-state index contributed by atoms with van der Waals surface area (Å²) in [5.74, 6) is 0.726. The lowest BCUT2D eigenvalue weighted by atomic mass is 10.0. The highest BCUT2D eigenvalue weighted by Gasteiger charge is 2.28. The molecule has 0 fully saturated rings. The highest BCUT2D eigenvalue weighted by molar-refractivity contribution is 5.29. The molecule has 1 aromatic carbocycles. The number of ether oxygens (including phenoxy) is 1. The van der Waals surface area contributed by atoms with Crippen LogP contribution in [0.15, 0.2) is 24.3 Å². The fourth-order valence-electron chi connectivity index (χ4n) is 1.84. The molecular formula is C14H20F3NO. The zero-order chi connectivity index (χ0) is 14.5. The Hall–Kier alpha value is -1.23. The molecule has 2 nitrogen and oxygen atoms in total. The van der Waals surface area contributed by atoms with E-state index < -0.39 is 12.6 Å². The summed E-state index contributed by atoms with van der Waals surface area (Å²) < 4.78 is 42.2. The zero-order valence-electron chi connectivity index (χ0n) is 11.4. The highest BCUT2D eigenvalue weighted by Crippen LogP contribution is 2.28. The van der Waals surface area contributed by atoms with Crippen LogP contribution in [0.25, 0.3) is 0 Å². The lowest BCUT2D eigenvalue weighted by Gasteiger charge is -2.18. The number of halogens is 3. The molecule has 0 aliphatic carbocycles. The predicted molar refractivity (Wildman–Crippen MR) is 69.3 cm³/mol. The number of hydrogen-bond acceptors (Lipinski definition) is 2. The van der Waals surface area contributed by atoms with E-state index >= 15 is 0 Å². The van der Waals surface area contributed by atoms with Crippen LogP contribution in [0.4, 0.5) is 13.2 Å². The van der Waals surface area contributed by atoms with Crippen molar-refractivity contribution in [3.05, 3.63) is 29.8 Å². The first-order valence-corrected chi connectivity index (χ1v) is 6.32. The van der Waals surface area contributed by atoms with E-state index in [-0.39, 0.29) is 18.6 Å². The molecule has 108 valence electrons. The topological polar surface area (TPSA) is 21.3 Å². The third-order valence-corrected chi connectivity index (χ3v) is 2.72. The van der Waals surface area contributed by atoms with E-state index in [4.69, 9.17) is 4.74 Å².